The standard InChI is InChI=1S/C14H26N2O/c1-16-10-9-14(11-15,8-7-13(16)17)12-5-3-2-4-6-12/h12H,2-11,15H2,1H3. The summed E-state index contributed by atoms with van der Waals surface area (Å²) < 4.78 is 0. The molecule has 2 rings (SSSR count). The van der Waals surface area contributed by atoms with E-state index in [1.54, 1.807) is 0 Å². The number of rotatable bonds is 2. The summed E-state index contributed by atoms with van der Waals surface area (Å²) in [5, 5.41) is 0. The molecule has 17 heavy (non-hydrogen) atoms. The van der Waals surface area contributed by atoms with E-state index in [9.17, 15) is 4.79 Å². The minimum Gasteiger partial charge on any atom is -0.346 e. The van der Waals surface area contributed by atoms with Crippen molar-refractivity contribution in [2.24, 2.45) is 17.1 Å². The number of carbonyl (C=O) groups is 1. The Morgan fingerprint density at radius 1 is 1.29 bits per heavy atom. The molecule has 0 radical (unpaired) electrons. The molecule has 0 aromatic heterocycles. The van der Waals surface area contributed by atoms with Crippen molar-refractivity contribution in [1.29, 1.82) is 0 Å². The van der Waals surface area contributed by atoms with E-state index in [1.165, 1.54) is 32.1 Å². The Morgan fingerprint density at radius 3 is 2.65 bits per heavy atom. The number of amides is 1. The molecule has 2 fully saturated rings. The van der Waals surface area contributed by atoms with Crippen molar-refractivity contribution < 1.29 is 4.79 Å². The van der Waals surface area contributed by atoms with Gasteiger partial charge < -0.3 is 10.6 Å². The largest absolute Gasteiger partial charge is 0.346 e. The van der Waals surface area contributed by atoms with E-state index in [0.29, 0.717) is 12.3 Å². The summed E-state index contributed by atoms with van der Waals surface area (Å²) in [7, 11) is 1.93. The molecule has 1 amide bonds. The molecule has 1 aliphatic heterocycles. The van der Waals surface area contributed by atoms with E-state index in [4.69, 9.17) is 5.73 Å². The molecule has 0 aromatic carbocycles. The highest BCUT2D eigenvalue weighted by Crippen LogP contribution is 2.45. The van der Waals surface area contributed by atoms with Crippen molar-refractivity contribution in [2.75, 3.05) is 20.1 Å². The van der Waals surface area contributed by atoms with Gasteiger partial charge in [0.25, 0.3) is 0 Å². The molecule has 1 heterocycles. The first-order valence-corrected chi connectivity index (χ1v) is 7.12. The van der Waals surface area contributed by atoms with E-state index in [2.05, 4.69) is 0 Å². The molecule has 1 saturated heterocycles. The first-order chi connectivity index (χ1) is 8.18. The Balaban J connectivity index is 2.09. The molecule has 0 bridgehead atoms. The van der Waals surface area contributed by atoms with E-state index in [0.717, 1.165) is 31.8 Å². The lowest BCUT2D eigenvalue weighted by Crippen LogP contribution is -2.40. The van der Waals surface area contributed by atoms with Gasteiger partial charge in [-0.3, -0.25) is 4.79 Å². The van der Waals surface area contributed by atoms with Gasteiger partial charge >= 0.3 is 0 Å². The van der Waals surface area contributed by atoms with Crippen LogP contribution in [0.3, 0.4) is 0 Å². The van der Waals surface area contributed by atoms with Crippen LogP contribution in [0.15, 0.2) is 0 Å². The Hall–Kier alpha value is -0.570. The molecule has 2 N–H and O–H groups in total. The maximum Gasteiger partial charge on any atom is 0.222 e. The Morgan fingerprint density at radius 2 is 2.00 bits per heavy atom. The van der Waals surface area contributed by atoms with E-state index in [-0.39, 0.29) is 5.41 Å². The summed E-state index contributed by atoms with van der Waals surface area (Å²) >= 11 is 0. The van der Waals surface area contributed by atoms with E-state index < -0.39 is 0 Å². The third-order valence-electron chi connectivity index (χ3n) is 5.09. The number of nitrogens with two attached hydrogens (primary N) is 1. The summed E-state index contributed by atoms with van der Waals surface area (Å²) in [6.07, 6.45) is 9.57. The average molecular weight is 238 g/mol. The molecule has 1 atom stereocenters. The van der Waals surface area contributed by atoms with Gasteiger partial charge in [0.2, 0.25) is 5.91 Å². The molecule has 98 valence electrons. The zero-order valence-corrected chi connectivity index (χ0v) is 11.1. The van der Waals surface area contributed by atoms with Gasteiger partial charge in [-0.1, -0.05) is 19.3 Å². The molecule has 1 unspecified atom stereocenters. The van der Waals surface area contributed by atoms with Gasteiger partial charge in [0.1, 0.15) is 0 Å². The second kappa shape index (κ2) is 5.38. The topological polar surface area (TPSA) is 46.3 Å². The van der Waals surface area contributed by atoms with Gasteiger partial charge in [0.05, 0.1) is 0 Å². The molecule has 1 aliphatic carbocycles. The predicted octanol–water partition coefficient (Wildman–Crippen LogP) is 2.15. The van der Waals surface area contributed by atoms with Crippen LogP contribution < -0.4 is 5.73 Å². The normalized spacial score (nSPS) is 32.6. The number of hydrogen-bond donors (Lipinski definition) is 1. The number of likely N-dealkylation sites (tertiary alicyclic amines) is 1. The maximum absolute atomic E-state index is 11.8. The van der Waals surface area contributed by atoms with Crippen LogP contribution in [-0.4, -0.2) is 30.9 Å². The second-order valence-electron chi connectivity index (χ2n) is 5.97. The SMILES string of the molecule is CN1CCC(CN)(C2CCCCC2)CCC1=O. The van der Waals surface area contributed by atoms with Gasteiger partial charge in [-0.15, -0.1) is 0 Å². The highest BCUT2D eigenvalue weighted by molar-refractivity contribution is 5.76. The Bertz CT molecular complexity index is 273. The minimum atomic E-state index is 0.251. The lowest BCUT2D eigenvalue weighted by Gasteiger charge is -2.41. The Labute approximate surface area is 105 Å². The van der Waals surface area contributed by atoms with Crippen LogP contribution in [-0.2, 0) is 4.79 Å². The highest BCUT2D eigenvalue weighted by atomic mass is 16.2. The smallest absolute Gasteiger partial charge is 0.222 e. The molecule has 0 aromatic rings. The minimum absolute atomic E-state index is 0.251. The van der Waals surface area contributed by atoms with Gasteiger partial charge in [0, 0.05) is 20.0 Å². The number of carbonyl (C=O) groups excluding carboxylic acids is 1. The monoisotopic (exact) mass is 238 g/mol. The molecular formula is C14H26N2O. The summed E-state index contributed by atoms with van der Waals surface area (Å²) in [6, 6.07) is 0. The van der Waals surface area contributed by atoms with Crippen LogP contribution in [0, 0.1) is 11.3 Å². The van der Waals surface area contributed by atoms with Gasteiger partial charge in [0.15, 0.2) is 0 Å². The van der Waals surface area contributed by atoms with Gasteiger partial charge in [-0.25, -0.2) is 0 Å². The fraction of sp³-hybridized carbons (Fsp3) is 0.929. The summed E-state index contributed by atoms with van der Waals surface area (Å²) in [6.45, 7) is 1.66. The fourth-order valence-electron chi connectivity index (χ4n) is 3.68. The van der Waals surface area contributed by atoms with Crippen LogP contribution in [0.2, 0.25) is 0 Å². The molecular weight excluding hydrogens is 212 g/mol. The van der Waals surface area contributed by atoms with Crippen molar-refractivity contribution in [2.45, 2.75) is 51.4 Å². The first kappa shape index (κ1) is 12.9. The van der Waals surface area contributed by atoms with Crippen LogP contribution >= 0.6 is 0 Å². The number of hydrogen-bond acceptors (Lipinski definition) is 2. The van der Waals surface area contributed by atoms with E-state index in [1.807, 2.05) is 11.9 Å². The lowest BCUT2D eigenvalue weighted by molar-refractivity contribution is -0.129. The molecule has 3 heteroatoms. The van der Waals surface area contributed by atoms with Crippen LogP contribution in [0.5, 0.6) is 0 Å². The first-order valence-electron chi connectivity index (χ1n) is 7.12. The fourth-order valence-corrected chi connectivity index (χ4v) is 3.68. The molecule has 3 nitrogen and oxygen atoms in total. The summed E-state index contributed by atoms with van der Waals surface area (Å²) in [5.41, 5.74) is 6.35. The van der Waals surface area contributed by atoms with Gasteiger partial charge in [-0.05, 0) is 43.6 Å². The predicted molar refractivity (Wildman–Crippen MR) is 69.6 cm³/mol. The maximum atomic E-state index is 11.8. The third kappa shape index (κ3) is 2.65. The zero-order chi connectivity index (χ0) is 12.3. The second-order valence-corrected chi connectivity index (χ2v) is 5.97. The van der Waals surface area contributed by atoms with Gasteiger partial charge in [-0.2, -0.15) is 0 Å². The quantitative estimate of drug-likeness (QED) is 0.801. The summed E-state index contributed by atoms with van der Waals surface area (Å²) in [4.78, 5) is 13.7. The van der Waals surface area contributed by atoms with E-state index >= 15 is 0 Å². The average Bonchev–Trinajstić information content (AvgIpc) is 2.53. The van der Waals surface area contributed by atoms with Crippen LogP contribution in [0.1, 0.15) is 51.4 Å². The molecule has 1 saturated carbocycles. The van der Waals surface area contributed by atoms with Crippen LogP contribution in [0.4, 0.5) is 0 Å². The van der Waals surface area contributed by atoms with Crippen molar-refractivity contribution in [3.8, 4) is 0 Å². The summed E-state index contributed by atoms with van der Waals surface area (Å²) in [5.74, 6) is 1.07. The van der Waals surface area contributed by atoms with Crippen molar-refractivity contribution >= 4 is 5.91 Å². The zero-order valence-electron chi connectivity index (χ0n) is 11.1. The molecule has 2 aliphatic rings. The highest BCUT2D eigenvalue weighted by Gasteiger charge is 2.40. The number of nitrogens with zero attached hydrogens (tertiary/aromatic N) is 1. The Kier molecular flexibility index (Phi) is 4.08. The lowest BCUT2D eigenvalue weighted by atomic mass is 9.65. The third-order valence-corrected chi connectivity index (χ3v) is 5.09. The van der Waals surface area contributed by atoms with Crippen LogP contribution in [0.25, 0.3) is 0 Å². The van der Waals surface area contributed by atoms with Crippen molar-refractivity contribution in [3.63, 3.8) is 0 Å². The molecule has 0 spiro atoms. The van der Waals surface area contributed by atoms with Crippen molar-refractivity contribution in [3.05, 3.63) is 0 Å². The van der Waals surface area contributed by atoms with Crippen molar-refractivity contribution in [1.82, 2.24) is 4.90 Å².